The molecule has 1 aromatic rings. The van der Waals surface area contributed by atoms with Crippen LogP contribution in [-0.2, 0) is 4.74 Å². The minimum absolute atomic E-state index is 0.114. The minimum Gasteiger partial charge on any atom is -0.491 e. The number of para-hydroxylation sites is 1. The lowest BCUT2D eigenvalue weighted by atomic mass is 10.0. The van der Waals surface area contributed by atoms with E-state index in [0.717, 1.165) is 25.1 Å². The Morgan fingerprint density at radius 3 is 2.43 bits per heavy atom. The standard InChI is InChI=1S/C18H31NO2/c1-6-12-19-16(7-2)15-10-8-9-11-17(15)20-13-14-21-18(3,4)5/h8-11,16,19H,6-7,12-14H2,1-5H3. The molecule has 0 amide bonds. The van der Waals surface area contributed by atoms with Gasteiger partial charge in [-0.15, -0.1) is 0 Å². The van der Waals surface area contributed by atoms with Crippen molar-refractivity contribution in [3.05, 3.63) is 29.8 Å². The molecule has 0 heterocycles. The molecule has 0 aromatic heterocycles. The molecule has 0 aliphatic rings. The summed E-state index contributed by atoms with van der Waals surface area (Å²) in [6, 6.07) is 8.64. The Balaban J connectivity index is 2.61. The Hall–Kier alpha value is -1.06. The van der Waals surface area contributed by atoms with Gasteiger partial charge in [-0.1, -0.05) is 32.0 Å². The number of nitrogens with one attached hydrogen (secondary N) is 1. The highest BCUT2D eigenvalue weighted by atomic mass is 16.5. The van der Waals surface area contributed by atoms with Gasteiger partial charge in [0.15, 0.2) is 0 Å². The molecule has 0 saturated carbocycles. The summed E-state index contributed by atoms with van der Waals surface area (Å²) in [5.74, 6) is 0.963. The van der Waals surface area contributed by atoms with Crippen molar-refractivity contribution in [1.29, 1.82) is 0 Å². The van der Waals surface area contributed by atoms with Crippen LogP contribution in [0.4, 0.5) is 0 Å². The van der Waals surface area contributed by atoms with E-state index in [-0.39, 0.29) is 5.60 Å². The second-order valence-electron chi connectivity index (χ2n) is 6.26. The van der Waals surface area contributed by atoms with Crippen molar-refractivity contribution in [1.82, 2.24) is 5.32 Å². The van der Waals surface area contributed by atoms with Gasteiger partial charge in [0, 0.05) is 11.6 Å². The molecule has 0 aliphatic heterocycles. The Kier molecular flexibility index (Phi) is 7.76. The van der Waals surface area contributed by atoms with Crippen LogP contribution in [0.15, 0.2) is 24.3 Å². The molecule has 0 aliphatic carbocycles. The third kappa shape index (κ3) is 6.96. The minimum atomic E-state index is -0.114. The second-order valence-corrected chi connectivity index (χ2v) is 6.26. The summed E-state index contributed by atoms with van der Waals surface area (Å²) in [6.45, 7) is 12.8. The fourth-order valence-corrected chi connectivity index (χ4v) is 2.19. The highest BCUT2D eigenvalue weighted by Crippen LogP contribution is 2.27. The molecule has 0 radical (unpaired) electrons. The molecule has 0 spiro atoms. The van der Waals surface area contributed by atoms with E-state index < -0.39 is 0 Å². The van der Waals surface area contributed by atoms with E-state index in [4.69, 9.17) is 9.47 Å². The van der Waals surface area contributed by atoms with Crippen molar-refractivity contribution in [2.45, 2.75) is 59.1 Å². The molecule has 3 heteroatoms. The molecule has 3 nitrogen and oxygen atoms in total. The maximum absolute atomic E-state index is 5.93. The van der Waals surface area contributed by atoms with E-state index in [1.807, 2.05) is 12.1 Å². The van der Waals surface area contributed by atoms with E-state index in [1.54, 1.807) is 0 Å². The smallest absolute Gasteiger partial charge is 0.124 e. The predicted octanol–water partition coefficient (Wildman–Crippen LogP) is 4.33. The molecule has 1 aromatic carbocycles. The molecule has 1 N–H and O–H groups in total. The number of rotatable bonds is 9. The number of ether oxygens (including phenoxy) is 2. The van der Waals surface area contributed by atoms with Gasteiger partial charge in [-0.05, 0) is 46.2 Å². The molecular weight excluding hydrogens is 262 g/mol. The largest absolute Gasteiger partial charge is 0.491 e. The van der Waals surface area contributed by atoms with Crippen LogP contribution >= 0.6 is 0 Å². The predicted molar refractivity (Wildman–Crippen MR) is 89.0 cm³/mol. The molecule has 1 unspecified atom stereocenters. The molecule has 1 atom stereocenters. The van der Waals surface area contributed by atoms with E-state index in [1.165, 1.54) is 5.56 Å². The van der Waals surface area contributed by atoms with Crippen LogP contribution in [0.3, 0.4) is 0 Å². The second kappa shape index (κ2) is 9.06. The summed E-state index contributed by atoms with van der Waals surface area (Å²) < 4.78 is 11.6. The van der Waals surface area contributed by atoms with Crippen molar-refractivity contribution in [2.24, 2.45) is 0 Å². The zero-order chi connectivity index (χ0) is 15.7. The van der Waals surface area contributed by atoms with Gasteiger partial charge in [0.05, 0.1) is 12.2 Å². The SMILES string of the molecule is CCCNC(CC)c1ccccc1OCCOC(C)(C)C. The quantitative estimate of drug-likeness (QED) is 0.687. The molecule has 0 bridgehead atoms. The van der Waals surface area contributed by atoms with Gasteiger partial charge in [0.1, 0.15) is 12.4 Å². The Morgan fingerprint density at radius 1 is 1.10 bits per heavy atom. The summed E-state index contributed by atoms with van der Waals surface area (Å²) in [6.07, 6.45) is 2.19. The fraction of sp³-hybridized carbons (Fsp3) is 0.667. The maximum Gasteiger partial charge on any atom is 0.124 e. The van der Waals surface area contributed by atoms with Crippen molar-refractivity contribution in [3.63, 3.8) is 0 Å². The third-order valence-corrected chi connectivity index (χ3v) is 3.22. The number of hydrogen-bond acceptors (Lipinski definition) is 3. The van der Waals surface area contributed by atoms with Crippen LogP contribution < -0.4 is 10.1 Å². The number of hydrogen-bond donors (Lipinski definition) is 1. The van der Waals surface area contributed by atoms with Gasteiger partial charge in [0.25, 0.3) is 0 Å². The summed E-state index contributed by atoms with van der Waals surface area (Å²) in [4.78, 5) is 0. The average Bonchev–Trinajstić information content (AvgIpc) is 2.44. The zero-order valence-electron chi connectivity index (χ0n) is 14.2. The number of benzene rings is 1. The van der Waals surface area contributed by atoms with Gasteiger partial charge >= 0.3 is 0 Å². The molecule has 1 rings (SSSR count). The van der Waals surface area contributed by atoms with Gasteiger partial charge in [-0.3, -0.25) is 0 Å². The summed E-state index contributed by atoms with van der Waals surface area (Å²) in [5, 5.41) is 3.58. The topological polar surface area (TPSA) is 30.5 Å². The third-order valence-electron chi connectivity index (χ3n) is 3.22. The van der Waals surface area contributed by atoms with E-state index in [9.17, 15) is 0 Å². The first-order valence-corrected chi connectivity index (χ1v) is 8.07. The normalized spacial score (nSPS) is 13.2. The molecular formula is C18H31NO2. The first-order valence-electron chi connectivity index (χ1n) is 8.07. The molecule has 0 saturated heterocycles. The monoisotopic (exact) mass is 293 g/mol. The average molecular weight is 293 g/mol. The van der Waals surface area contributed by atoms with Crippen LogP contribution in [0.5, 0.6) is 5.75 Å². The van der Waals surface area contributed by atoms with Gasteiger partial charge in [-0.2, -0.15) is 0 Å². The van der Waals surface area contributed by atoms with E-state index in [2.05, 4.69) is 52.1 Å². The van der Waals surface area contributed by atoms with Gasteiger partial charge in [0.2, 0.25) is 0 Å². The Morgan fingerprint density at radius 2 is 1.81 bits per heavy atom. The first kappa shape index (κ1) is 18.0. The van der Waals surface area contributed by atoms with Gasteiger partial charge < -0.3 is 14.8 Å². The first-order chi connectivity index (χ1) is 9.98. The van der Waals surface area contributed by atoms with Crippen LogP contribution in [0, 0.1) is 0 Å². The highest BCUT2D eigenvalue weighted by molar-refractivity contribution is 5.35. The lowest BCUT2D eigenvalue weighted by molar-refractivity contribution is -0.0164. The van der Waals surface area contributed by atoms with Gasteiger partial charge in [-0.25, -0.2) is 0 Å². The Labute approximate surface area is 130 Å². The molecule has 0 fully saturated rings. The highest BCUT2D eigenvalue weighted by Gasteiger charge is 2.14. The van der Waals surface area contributed by atoms with Crippen molar-refractivity contribution in [3.8, 4) is 5.75 Å². The fourth-order valence-electron chi connectivity index (χ4n) is 2.19. The molecule has 120 valence electrons. The van der Waals surface area contributed by atoms with Crippen LogP contribution in [0.1, 0.15) is 59.1 Å². The van der Waals surface area contributed by atoms with Crippen LogP contribution in [0.25, 0.3) is 0 Å². The van der Waals surface area contributed by atoms with E-state index >= 15 is 0 Å². The zero-order valence-corrected chi connectivity index (χ0v) is 14.2. The summed E-state index contributed by atoms with van der Waals surface area (Å²) in [7, 11) is 0. The summed E-state index contributed by atoms with van der Waals surface area (Å²) >= 11 is 0. The Bertz CT molecular complexity index is 398. The van der Waals surface area contributed by atoms with Crippen LogP contribution in [0.2, 0.25) is 0 Å². The van der Waals surface area contributed by atoms with E-state index in [0.29, 0.717) is 19.3 Å². The van der Waals surface area contributed by atoms with Crippen molar-refractivity contribution < 1.29 is 9.47 Å². The van der Waals surface area contributed by atoms with Crippen LogP contribution in [-0.4, -0.2) is 25.4 Å². The summed E-state index contributed by atoms with van der Waals surface area (Å²) in [5.41, 5.74) is 1.13. The lowest BCUT2D eigenvalue weighted by Gasteiger charge is -2.22. The lowest BCUT2D eigenvalue weighted by Crippen LogP contribution is -2.24. The van der Waals surface area contributed by atoms with Crippen molar-refractivity contribution >= 4 is 0 Å². The van der Waals surface area contributed by atoms with Crippen molar-refractivity contribution in [2.75, 3.05) is 19.8 Å². The maximum atomic E-state index is 5.93. The molecule has 21 heavy (non-hydrogen) atoms.